The molecule has 0 spiro atoms. The van der Waals surface area contributed by atoms with Crippen LogP contribution < -0.4 is 0 Å². The molecule has 0 aromatic heterocycles. The zero-order chi connectivity index (χ0) is 32.9. The number of hydrogen-bond acceptors (Lipinski definition) is 5. The van der Waals surface area contributed by atoms with E-state index >= 15 is 0 Å². The maximum Gasteiger partial charge on any atom is 0.336 e. The van der Waals surface area contributed by atoms with E-state index < -0.39 is 36.4 Å². The number of carbonyl (C=O) groups excluding carboxylic acids is 1. The van der Waals surface area contributed by atoms with Gasteiger partial charge in [0.2, 0.25) is 0 Å². The lowest BCUT2D eigenvalue weighted by Gasteiger charge is -2.23. The summed E-state index contributed by atoms with van der Waals surface area (Å²) in [5.74, 6) is -3.25. The molecule has 0 fully saturated rings. The van der Waals surface area contributed by atoms with Crippen LogP contribution in [0.25, 0.3) is 0 Å². The van der Waals surface area contributed by atoms with Crippen LogP contribution in [0.3, 0.4) is 0 Å². The van der Waals surface area contributed by atoms with E-state index in [0.29, 0.717) is 12.8 Å². The van der Waals surface area contributed by atoms with E-state index in [9.17, 15) is 24.6 Å². The van der Waals surface area contributed by atoms with Gasteiger partial charge in [-0.05, 0) is 31.6 Å². The molecule has 0 amide bonds. The van der Waals surface area contributed by atoms with E-state index in [1.54, 1.807) is 0 Å². The summed E-state index contributed by atoms with van der Waals surface area (Å²) >= 11 is 0. The van der Waals surface area contributed by atoms with Gasteiger partial charge in [-0.2, -0.15) is 0 Å². The Kier molecular flexibility index (Phi) is 27.7. The van der Waals surface area contributed by atoms with Crippen molar-refractivity contribution < 1.29 is 34.4 Å². The van der Waals surface area contributed by atoms with Crippen LogP contribution >= 0.6 is 0 Å². The van der Waals surface area contributed by atoms with Gasteiger partial charge in [0.1, 0.15) is 6.10 Å². The first-order valence-electron chi connectivity index (χ1n) is 18.5. The number of esters is 1. The quantitative estimate of drug-likeness (QED) is 0.0489. The van der Waals surface area contributed by atoms with E-state index in [4.69, 9.17) is 9.84 Å². The Balaban J connectivity index is 4.36. The normalized spacial score (nSPS) is 13.6. The van der Waals surface area contributed by atoms with Crippen molar-refractivity contribution in [2.75, 3.05) is 0 Å². The van der Waals surface area contributed by atoms with Crippen molar-refractivity contribution in [1.29, 1.82) is 0 Å². The third-order valence-electron chi connectivity index (χ3n) is 8.76. The van der Waals surface area contributed by atoms with Crippen molar-refractivity contribution >= 4 is 17.9 Å². The topological polar surface area (TPSA) is 121 Å². The summed E-state index contributed by atoms with van der Waals surface area (Å²) in [5, 5.41) is 28.6. The Hall–Kier alpha value is -1.63. The van der Waals surface area contributed by atoms with Crippen LogP contribution in [0.15, 0.2) is 0 Å². The van der Waals surface area contributed by atoms with Crippen LogP contribution in [0.4, 0.5) is 0 Å². The Bertz CT molecular complexity index is 708. The smallest absolute Gasteiger partial charge is 0.336 e. The van der Waals surface area contributed by atoms with Crippen LogP contribution in [0.5, 0.6) is 0 Å². The molecule has 0 aromatic rings. The molecule has 0 aliphatic carbocycles. The third-order valence-corrected chi connectivity index (χ3v) is 8.76. The van der Waals surface area contributed by atoms with Gasteiger partial charge >= 0.3 is 17.9 Å². The lowest BCUT2D eigenvalue weighted by Crippen LogP contribution is -2.43. The van der Waals surface area contributed by atoms with Crippen molar-refractivity contribution in [3.8, 4) is 0 Å². The molecule has 0 bridgehead atoms. The highest BCUT2D eigenvalue weighted by atomic mass is 16.5. The molecule has 44 heavy (non-hydrogen) atoms. The second-order valence-electron chi connectivity index (χ2n) is 13.7. The molecule has 3 N–H and O–H groups in total. The molecule has 0 rings (SSSR count). The number of unbranched alkanes of at least 4 members (excludes halogenated alkanes) is 21. The maximum atomic E-state index is 12.6. The molecule has 0 aromatic carbocycles. The number of rotatable bonds is 33. The number of carboxylic acids is 2. The first-order valence-corrected chi connectivity index (χ1v) is 18.5. The molecule has 2 atom stereocenters. The summed E-state index contributed by atoms with van der Waals surface area (Å²) in [6.07, 6.45) is 29.2. The third kappa shape index (κ3) is 26.7. The van der Waals surface area contributed by atoms with Gasteiger partial charge in [0.25, 0.3) is 0 Å². The lowest BCUT2D eigenvalue weighted by atomic mass is 9.95. The molecule has 7 nitrogen and oxygen atoms in total. The first kappa shape index (κ1) is 42.4. The number of carboxylic acid groups (broad SMARTS) is 2. The van der Waals surface area contributed by atoms with Gasteiger partial charge < -0.3 is 20.1 Å². The fraction of sp³-hybridized carbons (Fsp3) is 0.919. The molecule has 7 heteroatoms. The number of ether oxygens (including phenoxy) is 1. The molecule has 260 valence electrons. The minimum absolute atomic E-state index is 0.330. The number of aliphatic hydroxyl groups is 1. The SMILES string of the molecule is CCCCCCCCCCCCCCCCC(CCCCCCCCCCCC(C)C)OC(=O)CC(O)(CC(=O)O)C(=O)O. The van der Waals surface area contributed by atoms with Crippen molar-refractivity contribution in [3.63, 3.8) is 0 Å². The second kappa shape index (κ2) is 28.8. The Morgan fingerprint density at radius 1 is 0.545 bits per heavy atom. The van der Waals surface area contributed by atoms with E-state index in [1.165, 1.54) is 116 Å². The average molecular weight is 627 g/mol. The van der Waals surface area contributed by atoms with Crippen molar-refractivity contribution in [2.45, 2.75) is 212 Å². The zero-order valence-electron chi connectivity index (χ0n) is 28.9. The summed E-state index contributed by atoms with van der Waals surface area (Å²) in [4.78, 5) is 35.1. The van der Waals surface area contributed by atoms with Crippen molar-refractivity contribution in [2.24, 2.45) is 5.92 Å². The Morgan fingerprint density at radius 3 is 1.20 bits per heavy atom. The van der Waals surface area contributed by atoms with E-state index in [1.807, 2.05) is 0 Å². The predicted octanol–water partition coefficient (Wildman–Crippen LogP) is 10.4. The molecule has 0 aliphatic heterocycles. The van der Waals surface area contributed by atoms with E-state index in [0.717, 1.165) is 44.4 Å². The molecule has 0 heterocycles. The van der Waals surface area contributed by atoms with Gasteiger partial charge in [0.05, 0.1) is 12.8 Å². The van der Waals surface area contributed by atoms with Gasteiger partial charge in [0, 0.05) is 0 Å². The fourth-order valence-electron chi connectivity index (χ4n) is 5.92. The number of aliphatic carboxylic acids is 2. The standard InChI is InChI=1S/C37H70O7/c1-4-5-6-7-8-9-10-11-12-13-16-19-22-25-28-33(44-35(40)31-37(43,36(41)42)30-34(38)39)29-26-23-20-17-14-15-18-21-24-27-32(2)3/h32-33,43H,4-31H2,1-3H3,(H,38,39)(H,41,42). The summed E-state index contributed by atoms with van der Waals surface area (Å²) in [7, 11) is 0. The summed E-state index contributed by atoms with van der Waals surface area (Å²) in [5.41, 5.74) is -2.66. The lowest BCUT2D eigenvalue weighted by molar-refractivity contribution is -0.173. The highest BCUT2D eigenvalue weighted by molar-refractivity contribution is 5.88. The molecule has 2 unspecified atom stereocenters. The van der Waals surface area contributed by atoms with Crippen LogP contribution in [-0.2, 0) is 19.1 Å². The molecule has 0 saturated carbocycles. The van der Waals surface area contributed by atoms with E-state index in [-0.39, 0.29) is 6.10 Å². The largest absolute Gasteiger partial charge is 0.481 e. The molecular weight excluding hydrogens is 556 g/mol. The number of carbonyl (C=O) groups is 3. The Labute approximate surface area is 270 Å². The van der Waals surface area contributed by atoms with Crippen LogP contribution in [0.2, 0.25) is 0 Å². The second-order valence-corrected chi connectivity index (χ2v) is 13.7. The van der Waals surface area contributed by atoms with Gasteiger partial charge in [-0.15, -0.1) is 0 Å². The maximum absolute atomic E-state index is 12.6. The van der Waals surface area contributed by atoms with Crippen LogP contribution in [0.1, 0.15) is 201 Å². The molecular formula is C37H70O7. The fourth-order valence-corrected chi connectivity index (χ4v) is 5.92. The molecule has 0 radical (unpaired) electrons. The highest BCUT2D eigenvalue weighted by Crippen LogP contribution is 2.22. The van der Waals surface area contributed by atoms with Gasteiger partial charge in [0.15, 0.2) is 5.60 Å². The van der Waals surface area contributed by atoms with Crippen molar-refractivity contribution in [1.82, 2.24) is 0 Å². The summed E-state index contributed by atoms with van der Waals surface area (Å²) in [6.45, 7) is 6.81. The minimum Gasteiger partial charge on any atom is -0.481 e. The zero-order valence-corrected chi connectivity index (χ0v) is 28.9. The van der Waals surface area contributed by atoms with Crippen LogP contribution in [0, 0.1) is 5.92 Å². The van der Waals surface area contributed by atoms with Crippen LogP contribution in [-0.4, -0.2) is 44.9 Å². The molecule has 0 saturated heterocycles. The number of hydrogen-bond donors (Lipinski definition) is 3. The summed E-state index contributed by atoms with van der Waals surface area (Å²) in [6, 6.07) is 0. The van der Waals surface area contributed by atoms with Gasteiger partial charge in [-0.3, -0.25) is 9.59 Å². The minimum atomic E-state index is -2.66. The molecule has 0 aliphatic rings. The summed E-state index contributed by atoms with van der Waals surface area (Å²) < 4.78 is 5.64. The highest BCUT2D eigenvalue weighted by Gasteiger charge is 2.41. The predicted molar refractivity (Wildman–Crippen MR) is 180 cm³/mol. The van der Waals surface area contributed by atoms with Gasteiger partial charge in [-0.25, -0.2) is 4.79 Å². The van der Waals surface area contributed by atoms with Crippen molar-refractivity contribution in [3.05, 3.63) is 0 Å². The average Bonchev–Trinajstić information content (AvgIpc) is 2.95. The van der Waals surface area contributed by atoms with E-state index in [2.05, 4.69) is 20.8 Å². The Morgan fingerprint density at radius 2 is 0.886 bits per heavy atom. The monoisotopic (exact) mass is 627 g/mol. The van der Waals surface area contributed by atoms with Gasteiger partial charge in [-0.1, -0.05) is 162 Å². The first-order chi connectivity index (χ1) is 21.1.